The van der Waals surface area contributed by atoms with Crippen molar-refractivity contribution in [3.8, 4) is 12.3 Å². The first-order chi connectivity index (χ1) is 8.56. The summed E-state index contributed by atoms with van der Waals surface area (Å²) in [6.07, 6.45) is 5.11. The summed E-state index contributed by atoms with van der Waals surface area (Å²) >= 11 is 13.4. The van der Waals surface area contributed by atoms with Gasteiger partial charge in [0, 0.05) is 18.0 Å². The van der Waals surface area contributed by atoms with Gasteiger partial charge in [-0.1, -0.05) is 29.1 Å². The first-order valence-corrected chi connectivity index (χ1v) is 7.01. The van der Waals surface area contributed by atoms with E-state index in [1.807, 2.05) is 0 Å². The van der Waals surface area contributed by atoms with Crippen molar-refractivity contribution in [3.63, 3.8) is 0 Å². The molecule has 0 spiro atoms. The second kappa shape index (κ2) is 7.42. The molecule has 1 aromatic rings. The lowest BCUT2D eigenvalue weighted by molar-refractivity contribution is 0.0956. The third kappa shape index (κ3) is 4.34. The third-order valence-corrected chi connectivity index (χ3v) is 3.68. The zero-order chi connectivity index (χ0) is 13.5. The lowest BCUT2D eigenvalue weighted by Crippen LogP contribution is -2.26. The molecule has 96 valence electrons. The van der Waals surface area contributed by atoms with Crippen LogP contribution in [0.2, 0.25) is 10.0 Å². The molecule has 0 bridgehead atoms. The minimum absolute atomic E-state index is 0.208. The maximum atomic E-state index is 11.8. The molecule has 3 N–H and O–H groups in total. The van der Waals surface area contributed by atoms with Crippen LogP contribution >= 0.6 is 35.0 Å². The smallest absolute Gasteiger partial charge is 0.252 e. The van der Waals surface area contributed by atoms with Crippen molar-refractivity contribution in [1.29, 1.82) is 0 Å². The van der Waals surface area contributed by atoms with Gasteiger partial charge >= 0.3 is 0 Å². The van der Waals surface area contributed by atoms with E-state index in [1.165, 1.54) is 12.1 Å². The van der Waals surface area contributed by atoms with Gasteiger partial charge in [-0.3, -0.25) is 4.79 Å². The number of carbonyl (C=O) groups is 1. The molecule has 0 aromatic heterocycles. The quantitative estimate of drug-likeness (QED) is 0.499. The molecule has 1 aromatic carbocycles. The summed E-state index contributed by atoms with van der Waals surface area (Å²) in [5, 5.41) is 3.20. The van der Waals surface area contributed by atoms with Crippen LogP contribution in [0.25, 0.3) is 0 Å². The molecule has 0 aliphatic carbocycles. The number of carbonyl (C=O) groups excluding carboxylic acids is 1. The molecule has 6 heteroatoms. The highest BCUT2D eigenvalue weighted by Gasteiger charge is 2.13. The summed E-state index contributed by atoms with van der Waals surface area (Å²) in [5.41, 5.74) is 6.29. The number of benzene rings is 1. The van der Waals surface area contributed by atoms with Gasteiger partial charge in [0.1, 0.15) is 0 Å². The highest BCUT2D eigenvalue weighted by molar-refractivity contribution is 7.99. The van der Waals surface area contributed by atoms with E-state index < -0.39 is 0 Å². The second-order valence-corrected chi connectivity index (χ2v) is 5.27. The zero-order valence-electron chi connectivity index (χ0n) is 9.50. The van der Waals surface area contributed by atoms with Crippen molar-refractivity contribution >= 4 is 46.6 Å². The summed E-state index contributed by atoms with van der Waals surface area (Å²) in [5.74, 6) is 3.58. The van der Waals surface area contributed by atoms with E-state index >= 15 is 0 Å². The lowest BCUT2D eigenvalue weighted by atomic mass is 10.2. The molecule has 3 nitrogen and oxygen atoms in total. The van der Waals surface area contributed by atoms with Crippen LogP contribution in [0, 0.1) is 12.3 Å². The Morgan fingerprint density at radius 2 is 2.22 bits per heavy atom. The number of nitrogen functional groups attached to an aromatic ring is 1. The summed E-state index contributed by atoms with van der Waals surface area (Å²) in [4.78, 5) is 11.8. The molecular formula is C12H12Cl2N2OS. The summed E-state index contributed by atoms with van der Waals surface area (Å²) in [6, 6.07) is 3.00. The van der Waals surface area contributed by atoms with Crippen molar-refractivity contribution in [1.82, 2.24) is 5.32 Å². The van der Waals surface area contributed by atoms with Crippen LogP contribution < -0.4 is 11.1 Å². The first kappa shape index (κ1) is 15.0. The van der Waals surface area contributed by atoms with Gasteiger partial charge in [0.05, 0.1) is 21.4 Å². The summed E-state index contributed by atoms with van der Waals surface area (Å²) in [6.45, 7) is 0.508. The average molecular weight is 303 g/mol. The largest absolute Gasteiger partial charge is 0.399 e. The Hall–Kier alpha value is -1.02. The van der Waals surface area contributed by atoms with E-state index in [0.29, 0.717) is 18.0 Å². The summed E-state index contributed by atoms with van der Waals surface area (Å²) in [7, 11) is 0. The molecule has 0 atom stereocenters. The molecule has 0 fully saturated rings. The Kier molecular flexibility index (Phi) is 6.20. The number of rotatable bonds is 5. The lowest BCUT2D eigenvalue weighted by Gasteiger charge is -2.08. The third-order valence-electron chi connectivity index (χ3n) is 2.01. The number of hydrogen-bond acceptors (Lipinski definition) is 3. The molecule has 0 heterocycles. The molecule has 0 saturated heterocycles. The van der Waals surface area contributed by atoms with E-state index in [2.05, 4.69) is 11.2 Å². The van der Waals surface area contributed by atoms with E-state index in [9.17, 15) is 4.79 Å². The van der Waals surface area contributed by atoms with Gasteiger partial charge < -0.3 is 11.1 Å². The molecule has 0 unspecified atom stereocenters. The number of anilines is 1. The number of amides is 1. The fourth-order valence-corrected chi connectivity index (χ4v) is 2.17. The number of thioether (sulfide) groups is 1. The van der Waals surface area contributed by atoms with Crippen LogP contribution in [-0.4, -0.2) is 24.0 Å². The van der Waals surface area contributed by atoms with Gasteiger partial charge in [-0.05, 0) is 12.1 Å². The highest BCUT2D eigenvalue weighted by Crippen LogP contribution is 2.28. The Bertz CT molecular complexity index is 486. The van der Waals surface area contributed by atoms with Gasteiger partial charge in [0.15, 0.2) is 0 Å². The van der Waals surface area contributed by atoms with Crippen LogP contribution in [-0.2, 0) is 0 Å². The highest BCUT2D eigenvalue weighted by atomic mass is 35.5. The molecule has 0 saturated carbocycles. The fraction of sp³-hybridized carbons (Fsp3) is 0.250. The van der Waals surface area contributed by atoms with Crippen LogP contribution in [0.5, 0.6) is 0 Å². The van der Waals surface area contributed by atoms with Crippen molar-refractivity contribution in [2.45, 2.75) is 0 Å². The van der Waals surface area contributed by atoms with E-state index in [1.54, 1.807) is 11.8 Å². The second-order valence-electron chi connectivity index (χ2n) is 3.38. The molecule has 0 aliphatic heterocycles. The standard InChI is InChI=1S/C12H12Cl2N2OS/c1-2-4-18-5-3-16-12(17)9-6-8(15)7-10(13)11(9)14/h1,6-7H,3-5,15H2,(H,16,17). The van der Waals surface area contributed by atoms with Crippen LogP contribution in [0.4, 0.5) is 5.69 Å². The van der Waals surface area contributed by atoms with Gasteiger partial charge in [-0.2, -0.15) is 0 Å². The number of terminal acetylenes is 1. The molecular weight excluding hydrogens is 291 g/mol. The fourth-order valence-electron chi connectivity index (χ4n) is 1.24. The first-order valence-electron chi connectivity index (χ1n) is 5.10. The van der Waals surface area contributed by atoms with Crippen LogP contribution in [0.3, 0.4) is 0 Å². The van der Waals surface area contributed by atoms with Gasteiger partial charge in [-0.25, -0.2) is 0 Å². The molecule has 1 amide bonds. The summed E-state index contributed by atoms with van der Waals surface area (Å²) < 4.78 is 0. The van der Waals surface area contributed by atoms with Gasteiger partial charge in [-0.15, -0.1) is 18.2 Å². The molecule has 0 aliphatic rings. The number of nitrogens with two attached hydrogens (primary N) is 1. The molecule has 0 radical (unpaired) electrons. The minimum atomic E-state index is -0.296. The van der Waals surface area contributed by atoms with Crippen molar-refractivity contribution in [3.05, 3.63) is 27.7 Å². The Balaban J connectivity index is 2.60. The van der Waals surface area contributed by atoms with Crippen LogP contribution in [0.15, 0.2) is 12.1 Å². The van der Waals surface area contributed by atoms with Gasteiger partial charge in [0.2, 0.25) is 0 Å². The number of hydrogen-bond donors (Lipinski definition) is 2. The average Bonchev–Trinajstić information content (AvgIpc) is 2.33. The maximum absolute atomic E-state index is 11.8. The van der Waals surface area contributed by atoms with E-state index in [4.69, 9.17) is 35.4 Å². The number of nitrogens with one attached hydrogen (secondary N) is 1. The predicted molar refractivity (Wildman–Crippen MR) is 79.4 cm³/mol. The van der Waals surface area contributed by atoms with Crippen molar-refractivity contribution in [2.24, 2.45) is 0 Å². The topological polar surface area (TPSA) is 55.1 Å². The predicted octanol–water partition coefficient (Wildman–Crippen LogP) is 2.67. The van der Waals surface area contributed by atoms with E-state index in [-0.39, 0.29) is 21.5 Å². The zero-order valence-corrected chi connectivity index (χ0v) is 11.8. The van der Waals surface area contributed by atoms with Crippen LogP contribution in [0.1, 0.15) is 10.4 Å². The monoisotopic (exact) mass is 302 g/mol. The van der Waals surface area contributed by atoms with Crippen molar-refractivity contribution < 1.29 is 4.79 Å². The SMILES string of the molecule is C#CCSCCNC(=O)c1cc(N)cc(Cl)c1Cl. The molecule has 18 heavy (non-hydrogen) atoms. The number of halogens is 2. The Morgan fingerprint density at radius 1 is 1.50 bits per heavy atom. The normalized spacial score (nSPS) is 9.83. The van der Waals surface area contributed by atoms with E-state index in [0.717, 1.165) is 5.75 Å². The molecule has 1 rings (SSSR count). The van der Waals surface area contributed by atoms with Gasteiger partial charge in [0.25, 0.3) is 5.91 Å². The van der Waals surface area contributed by atoms with Crippen molar-refractivity contribution in [2.75, 3.05) is 23.8 Å². The maximum Gasteiger partial charge on any atom is 0.252 e. The Morgan fingerprint density at radius 3 is 2.89 bits per heavy atom. The Labute approximate surface area is 120 Å². The minimum Gasteiger partial charge on any atom is -0.399 e.